The number of nitrogens with two attached hydrogens (primary N) is 1. The van der Waals surface area contributed by atoms with Crippen molar-refractivity contribution in [1.82, 2.24) is 9.55 Å². The number of nitrogens with zero attached hydrogens (tertiary/aromatic N) is 3. The molecular formula is C18H20ClFN4O4. The highest BCUT2D eigenvalue weighted by molar-refractivity contribution is 5.94. The predicted molar refractivity (Wildman–Crippen MR) is 103 cm³/mol. The first-order valence-corrected chi connectivity index (χ1v) is 8.72. The number of carboxylic acids is 1. The maximum Gasteiger partial charge on any atom is 0.341 e. The number of ketones is 1. The molecule has 1 aliphatic carbocycles. The summed E-state index contributed by atoms with van der Waals surface area (Å²) >= 11 is 0. The molecule has 0 aromatic carbocycles. The van der Waals surface area contributed by atoms with Crippen molar-refractivity contribution in [3.05, 3.63) is 33.9 Å². The number of pyridine rings is 2. The molecule has 0 spiro atoms. The van der Waals surface area contributed by atoms with Crippen LogP contribution in [-0.2, 0) is 4.79 Å². The summed E-state index contributed by atoms with van der Waals surface area (Å²) in [6, 6.07) is 1.06. The molecule has 1 saturated carbocycles. The number of aromatic carboxylic acids is 1. The molecule has 1 aliphatic heterocycles. The summed E-state index contributed by atoms with van der Waals surface area (Å²) in [6.07, 6.45) is 2.94. The van der Waals surface area contributed by atoms with Crippen molar-refractivity contribution in [2.24, 2.45) is 11.1 Å². The Hall–Kier alpha value is -2.52. The van der Waals surface area contributed by atoms with Crippen LogP contribution in [0.3, 0.4) is 0 Å². The highest BCUT2D eigenvalue weighted by Crippen LogP contribution is 2.38. The fraction of sp³-hybridized carbons (Fsp3) is 0.444. The number of carbonyl (C=O) groups excluding carboxylic acids is 1. The number of carbonyl (C=O) groups is 2. The van der Waals surface area contributed by atoms with Gasteiger partial charge in [0.1, 0.15) is 11.2 Å². The first kappa shape index (κ1) is 20.2. The number of hydrogen-bond donors (Lipinski definition) is 2. The van der Waals surface area contributed by atoms with Crippen LogP contribution in [0.25, 0.3) is 11.0 Å². The maximum atomic E-state index is 14.8. The number of halogens is 2. The van der Waals surface area contributed by atoms with Gasteiger partial charge in [0, 0.05) is 25.3 Å². The zero-order chi connectivity index (χ0) is 19.5. The van der Waals surface area contributed by atoms with Gasteiger partial charge in [0.05, 0.1) is 17.3 Å². The van der Waals surface area contributed by atoms with Crippen LogP contribution in [0, 0.1) is 11.2 Å². The Morgan fingerprint density at radius 3 is 2.64 bits per heavy atom. The number of fused-ring (bicyclic) bond motifs is 1. The molecule has 28 heavy (non-hydrogen) atoms. The van der Waals surface area contributed by atoms with Crippen molar-refractivity contribution in [3.8, 4) is 0 Å². The average molecular weight is 411 g/mol. The number of carboxylic acid groups (broad SMARTS) is 1. The van der Waals surface area contributed by atoms with Gasteiger partial charge in [-0.25, -0.2) is 14.2 Å². The molecule has 1 saturated heterocycles. The molecule has 2 aliphatic rings. The van der Waals surface area contributed by atoms with E-state index in [1.165, 1.54) is 11.1 Å². The van der Waals surface area contributed by atoms with Crippen LogP contribution < -0.4 is 16.1 Å². The Labute approximate surface area is 165 Å². The van der Waals surface area contributed by atoms with Crippen LogP contribution in [0.1, 0.15) is 36.2 Å². The van der Waals surface area contributed by atoms with E-state index < -0.39 is 28.2 Å². The summed E-state index contributed by atoms with van der Waals surface area (Å²) in [4.78, 5) is 42.0. The smallest absolute Gasteiger partial charge is 0.341 e. The van der Waals surface area contributed by atoms with Gasteiger partial charge < -0.3 is 20.3 Å². The summed E-state index contributed by atoms with van der Waals surface area (Å²) in [5.41, 5.74) is 3.99. The van der Waals surface area contributed by atoms with Gasteiger partial charge in [-0.05, 0) is 25.8 Å². The van der Waals surface area contributed by atoms with Crippen LogP contribution >= 0.6 is 12.4 Å². The summed E-state index contributed by atoms with van der Waals surface area (Å²) in [7, 11) is 0. The quantitative estimate of drug-likeness (QED) is 0.780. The van der Waals surface area contributed by atoms with E-state index in [2.05, 4.69) is 4.98 Å². The van der Waals surface area contributed by atoms with Gasteiger partial charge in [-0.15, -0.1) is 12.4 Å². The van der Waals surface area contributed by atoms with E-state index in [4.69, 9.17) is 5.73 Å². The molecule has 3 N–H and O–H groups in total. The number of rotatable bonds is 4. The zero-order valence-electron chi connectivity index (χ0n) is 15.1. The van der Waals surface area contributed by atoms with E-state index in [1.54, 1.807) is 11.5 Å². The Kier molecular flexibility index (Phi) is 4.93. The normalized spacial score (nSPS) is 21.8. The average Bonchev–Trinajstić information content (AvgIpc) is 3.41. The second-order valence-electron chi connectivity index (χ2n) is 7.52. The molecule has 2 aromatic rings. The minimum Gasteiger partial charge on any atom is -0.477 e. The molecule has 1 atom stereocenters. The lowest BCUT2D eigenvalue weighted by atomic mass is 9.89. The van der Waals surface area contributed by atoms with Crippen molar-refractivity contribution in [2.75, 3.05) is 24.5 Å². The monoisotopic (exact) mass is 410 g/mol. The molecule has 0 bridgehead atoms. The minimum absolute atomic E-state index is 0. The van der Waals surface area contributed by atoms with E-state index in [0.29, 0.717) is 0 Å². The molecule has 10 heteroatoms. The number of aromatic nitrogens is 2. The SMILES string of the molecule is CC1(CN)CN(c2nc3c(cc2F)c(=O)c(C(=O)O)cn3C2CC2)CC1=O.Cl. The van der Waals surface area contributed by atoms with E-state index in [1.807, 2.05) is 0 Å². The lowest BCUT2D eigenvalue weighted by Crippen LogP contribution is -2.35. The van der Waals surface area contributed by atoms with Gasteiger partial charge in [0.15, 0.2) is 17.4 Å². The third kappa shape index (κ3) is 3.04. The molecule has 2 aromatic heterocycles. The molecule has 1 unspecified atom stereocenters. The number of Topliss-reactive ketones (excluding diaryl/α,β-unsaturated/α-hetero) is 1. The summed E-state index contributed by atoms with van der Waals surface area (Å²) in [5, 5.41) is 9.20. The largest absolute Gasteiger partial charge is 0.477 e. The fourth-order valence-corrected chi connectivity index (χ4v) is 3.50. The zero-order valence-corrected chi connectivity index (χ0v) is 16.0. The summed E-state index contributed by atoms with van der Waals surface area (Å²) < 4.78 is 16.4. The lowest BCUT2D eigenvalue weighted by Gasteiger charge is -2.22. The first-order chi connectivity index (χ1) is 12.7. The third-order valence-corrected chi connectivity index (χ3v) is 5.41. The topological polar surface area (TPSA) is 119 Å². The van der Waals surface area contributed by atoms with Crippen LogP contribution in [-0.4, -0.2) is 46.0 Å². The molecule has 8 nitrogen and oxygen atoms in total. The second-order valence-corrected chi connectivity index (χ2v) is 7.52. The van der Waals surface area contributed by atoms with Crippen LogP contribution in [0.15, 0.2) is 17.1 Å². The molecule has 4 rings (SSSR count). The Bertz CT molecular complexity index is 1050. The van der Waals surface area contributed by atoms with Crippen molar-refractivity contribution in [3.63, 3.8) is 0 Å². The lowest BCUT2D eigenvalue weighted by molar-refractivity contribution is -0.123. The second kappa shape index (κ2) is 6.82. The summed E-state index contributed by atoms with van der Waals surface area (Å²) in [6.45, 7) is 2.10. The van der Waals surface area contributed by atoms with Crippen LogP contribution in [0.5, 0.6) is 0 Å². The van der Waals surface area contributed by atoms with Gasteiger partial charge in [-0.2, -0.15) is 0 Å². The van der Waals surface area contributed by atoms with Gasteiger partial charge >= 0.3 is 5.97 Å². The highest BCUT2D eigenvalue weighted by atomic mass is 35.5. The Morgan fingerprint density at radius 1 is 1.43 bits per heavy atom. The van der Waals surface area contributed by atoms with Crippen molar-refractivity contribution >= 4 is 41.0 Å². The van der Waals surface area contributed by atoms with E-state index in [0.717, 1.165) is 18.9 Å². The molecule has 2 fully saturated rings. The fourth-order valence-electron chi connectivity index (χ4n) is 3.50. The van der Waals surface area contributed by atoms with Gasteiger partial charge in [0.2, 0.25) is 5.43 Å². The van der Waals surface area contributed by atoms with E-state index in [-0.39, 0.29) is 60.7 Å². The first-order valence-electron chi connectivity index (χ1n) is 8.72. The Balaban J connectivity index is 0.00000225. The van der Waals surface area contributed by atoms with Crippen molar-refractivity contribution < 1.29 is 19.1 Å². The molecule has 3 heterocycles. The highest BCUT2D eigenvalue weighted by Gasteiger charge is 2.42. The molecule has 0 radical (unpaired) electrons. The van der Waals surface area contributed by atoms with E-state index >= 15 is 0 Å². The Morgan fingerprint density at radius 2 is 2.11 bits per heavy atom. The number of hydrogen-bond acceptors (Lipinski definition) is 6. The van der Waals surface area contributed by atoms with Gasteiger partial charge in [-0.1, -0.05) is 0 Å². The minimum atomic E-state index is -1.36. The molecular weight excluding hydrogens is 391 g/mol. The van der Waals surface area contributed by atoms with Gasteiger partial charge in [0.25, 0.3) is 0 Å². The summed E-state index contributed by atoms with van der Waals surface area (Å²) in [5.74, 6) is -2.24. The van der Waals surface area contributed by atoms with Crippen LogP contribution in [0.2, 0.25) is 0 Å². The number of anilines is 1. The van der Waals surface area contributed by atoms with Crippen molar-refractivity contribution in [2.45, 2.75) is 25.8 Å². The molecule has 150 valence electrons. The standard InChI is InChI=1S/C18H19FN4O4.ClH/c1-18(7-20)8-22(6-13(18)24)16-12(19)4-10-14(25)11(17(26)27)5-23(9-2-3-9)15(10)21-16;/h4-5,9H,2-3,6-8,20H2,1H3,(H,26,27);1H. The van der Waals surface area contributed by atoms with E-state index in [9.17, 15) is 23.9 Å². The molecule has 0 amide bonds. The van der Waals surface area contributed by atoms with Gasteiger partial charge in [-0.3, -0.25) is 9.59 Å². The third-order valence-electron chi connectivity index (χ3n) is 5.41. The maximum absolute atomic E-state index is 14.8. The van der Waals surface area contributed by atoms with Crippen molar-refractivity contribution in [1.29, 1.82) is 0 Å². The predicted octanol–water partition coefficient (Wildman–Crippen LogP) is 1.34. The van der Waals surface area contributed by atoms with Crippen LogP contribution in [0.4, 0.5) is 10.2 Å².